The third kappa shape index (κ3) is 50.0. The molecule has 0 rings (SSSR count). The fourth-order valence-corrected chi connectivity index (χ4v) is 7.42. The van der Waals surface area contributed by atoms with Gasteiger partial charge in [0.05, 0.1) is 0 Å². The Morgan fingerprint density at radius 1 is 0.317 bits per heavy atom. The van der Waals surface area contributed by atoms with Crippen molar-refractivity contribution in [2.45, 2.75) is 271 Å². The minimum Gasteiger partial charge on any atom is -0.462 e. The van der Waals surface area contributed by atoms with Gasteiger partial charge in [-0.15, -0.1) is 0 Å². The quantitative estimate of drug-likeness (QED) is 0.0262. The Kier molecular flexibility index (Phi) is 49.4. The van der Waals surface area contributed by atoms with Crippen molar-refractivity contribution in [3.63, 3.8) is 0 Å². The van der Waals surface area contributed by atoms with E-state index in [0.717, 1.165) is 89.9 Å². The highest BCUT2D eigenvalue weighted by Gasteiger charge is 2.19. The van der Waals surface area contributed by atoms with Crippen molar-refractivity contribution in [1.82, 2.24) is 0 Å². The van der Waals surface area contributed by atoms with Crippen LogP contribution in [0.15, 0.2) is 60.8 Å². The summed E-state index contributed by atoms with van der Waals surface area (Å²) in [4.78, 5) is 38.0. The summed E-state index contributed by atoms with van der Waals surface area (Å²) in [6, 6.07) is 0. The Bertz CT molecular complexity index is 1150. The van der Waals surface area contributed by atoms with E-state index in [0.29, 0.717) is 19.3 Å². The molecule has 0 radical (unpaired) electrons. The molecule has 0 aromatic carbocycles. The van der Waals surface area contributed by atoms with Crippen molar-refractivity contribution in [3.8, 4) is 0 Å². The fraction of sp³-hybridized carbons (Fsp3) is 0.772. The summed E-state index contributed by atoms with van der Waals surface area (Å²) >= 11 is 0. The normalized spacial score (nSPS) is 12.5. The lowest BCUT2D eigenvalue weighted by Crippen LogP contribution is -2.30. The van der Waals surface area contributed by atoms with Gasteiger partial charge in [0.15, 0.2) is 6.10 Å². The number of allylic oxidation sites excluding steroid dienone is 10. The predicted molar refractivity (Wildman–Crippen MR) is 270 cm³/mol. The average Bonchev–Trinajstić information content (AvgIpc) is 3.28. The highest BCUT2D eigenvalue weighted by atomic mass is 16.6. The minimum atomic E-state index is -0.797. The van der Waals surface area contributed by atoms with Gasteiger partial charge < -0.3 is 14.2 Å². The Morgan fingerprint density at radius 2 is 0.571 bits per heavy atom. The first-order valence-corrected chi connectivity index (χ1v) is 26.8. The van der Waals surface area contributed by atoms with Gasteiger partial charge in [0, 0.05) is 19.3 Å². The number of hydrogen-bond acceptors (Lipinski definition) is 6. The first-order valence-electron chi connectivity index (χ1n) is 26.8. The molecule has 0 bridgehead atoms. The molecule has 364 valence electrons. The smallest absolute Gasteiger partial charge is 0.306 e. The summed E-state index contributed by atoms with van der Waals surface area (Å²) in [6.45, 7) is 6.55. The van der Waals surface area contributed by atoms with E-state index in [9.17, 15) is 14.4 Å². The lowest BCUT2D eigenvalue weighted by atomic mass is 10.0. The van der Waals surface area contributed by atoms with Gasteiger partial charge in [-0.3, -0.25) is 14.4 Å². The number of rotatable bonds is 48. The molecule has 6 nitrogen and oxygen atoms in total. The van der Waals surface area contributed by atoms with Crippen LogP contribution >= 0.6 is 0 Å². The van der Waals surface area contributed by atoms with Gasteiger partial charge in [0.25, 0.3) is 0 Å². The second kappa shape index (κ2) is 51.7. The maximum Gasteiger partial charge on any atom is 0.306 e. The molecule has 63 heavy (non-hydrogen) atoms. The van der Waals surface area contributed by atoms with E-state index >= 15 is 0 Å². The number of carbonyl (C=O) groups is 3. The molecular weight excluding hydrogens is 781 g/mol. The summed E-state index contributed by atoms with van der Waals surface area (Å²) in [5.41, 5.74) is 0. The zero-order valence-electron chi connectivity index (χ0n) is 41.6. The number of hydrogen-bond donors (Lipinski definition) is 0. The summed E-state index contributed by atoms with van der Waals surface area (Å²) in [7, 11) is 0. The zero-order valence-corrected chi connectivity index (χ0v) is 41.6. The average molecular weight is 881 g/mol. The first-order chi connectivity index (χ1) is 31.0. The van der Waals surface area contributed by atoms with E-state index in [2.05, 4.69) is 81.5 Å². The van der Waals surface area contributed by atoms with Crippen LogP contribution in [0.1, 0.15) is 265 Å². The third-order valence-electron chi connectivity index (χ3n) is 11.5. The molecule has 0 N–H and O–H groups in total. The number of carbonyl (C=O) groups excluding carboxylic acids is 3. The van der Waals surface area contributed by atoms with E-state index in [1.807, 2.05) is 0 Å². The second-order valence-electron chi connectivity index (χ2n) is 17.8. The second-order valence-corrected chi connectivity index (χ2v) is 17.8. The molecule has 0 saturated heterocycles. The molecule has 0 aromatic rings. The van der Waals surface area contributed by atoms with Crippen LogP contribution in [0.3, 0.4) is 0 Å². The molecule has 0 unspecified atom stereocenters. The van der Waals surface area contributed by atoms with Crippen LogP contribution in [0.4, 0.5) is 0 Å². The standard InChI is InChI=1S/C57H100O6/c1-4-7-10-13-16-19-22-25-28-31-34-37-40-43-46-49-55(58)61-52-54(63-57(60)51-48-45-42-39-36-33-30-27-24-21-18-15-12-9-6-3)53-62-56(59)50-47-44-41-38-35-32-29-26-23-20-17-14-11-8-5-2/h16,18-19,21,25,27-28,30,36,39,54H,4-15,17,20,22-24,26,29,31-35,37-38,40-53H2,1-3H3/b19-16-,21-18-,28-25-,30-27-,39-36-/t54-/m1/s1. The Morgan fingerprint density at radius 3 is 0.952 bits per heavy atom. The largest absolute Gasteiger partial charge is 0.462 e. The predicted octanol–water partition coefficient (Wildman–Crippen LogP) is 17.6. The highest BCUT2D eigenvalue weighted by molar-refractivity contribution is 5.71. The maximum absolute atomic E-state index is 12.8. The van der Waals surface area contributed by atoms with Crippen molar-refractivity contribution in [2.24, 2.45) is 0 Å². The van der Waals surface area contributed by atoms with Crippen LogP contribution in [0.2, 0.25) is 0 Å². The SMILES string of the molecule is CCCCC/C=C\C/C=C\C/C=C\CCCCC(=O)O[C@H](COC(=O)CCCCCCC/C=C\C/C=C\CCCCC)COC(=O)CCCCCCCCCCCCCCCCC. The molecular formula is C57H100O6. The van der Waals surface area contributed by atoms with Crippen molar-refractivity contribution in [1.29, 1.82) is 0 Å². The monoisotopic (exact) mass is 881 g/mol. The molecule has 1 atom stereocenters. The van der Waals surface area contributed by atoms with Gasteiger partial charge in [0.1, 0.15) is 13.2 Å². The minimum absolute atomic E-state index is 0.0921. The molecule has 0 aliphatic rings. The lowest BCUT2D eigenvalue weighted by Gasteiger charge is -2.18. The highest BCUT2D eigenvalue weighted by Crippen LogP contribution is 2.15. The van der Waals surface area contributed by atoms with Gasteiger partial charge in [-0.05, 0) is 89.9 Å². The number of ether oxygens (including phenoxy) is 3. The van der Waals surface area contributed by atoms with Gasteiger partial charge in [-0.25, -0.2) is 0 Å². The van der Waals surface area contributed by atoms with Crippen LogP contribution < -0.4 is 0 Å². The van der Waals surface area contributed by atoms with E-state index in [1.54, 1.807) is 0 Å². The lowest BCUT2D eigenvalue weighted by molar-refractivity contribution is -0.167. The molecule has 0 aliphatic carbocycles. The summed E-state index contributed by atoms with van der Waals surface area (Å²) in [5.74, 6) is -0.938. The van der Waals surface area contributed by atoms with Crippen molar-refractivity contribution in [2.75, 3.05) is 13.2 Å². The Hall–Kier alpha value is -2.89. The fourth-order valence-electron chi connectivity index (χ4n) is 7.42. The van der Waals surface area contributed by atoms with E-state index in [-0.39, 0.29) is 37.5 Å². The summed E-state index contributed by atoms with van der Waals surface area (Å²) in [5, 5.41) is 0. The van der Waals surface area contributed by atoms with Crippen LogP contribution in [0.5, 0.6) is 0 Å². The first kappa shape index (κ1) is 60.1. The molecule has 0 aliphatic heterocycles. The summed E-state index contributed by atoms with van der Waals surface area (Å²) < 4.78 is 16.8. The number of esters is 3. The molecule has 0 fully saturated rings. The summed E-state index contributed by atoms with van der Waals surface area (Å²) in [6.07, 6.45) is 63.4. The Balaban J connectivity index is 4.45. The molecule has 0 saturated carbocycles. The molecule has 6 heteroatoms. The maximum atomic E-state index is 12.8. The Labute approximate surface area is 390 Å². The van der Waals surface area contributed by atoms with Crippen LogP contribution in [-0.4, -0.2) is 37.2 Å². The van der Waals surface area contributed by atoms with Crippen LogP contribution in [0.25, 0.3) is 0 Å². The molecule has 0 spiro atoms. The van der Waals surface area contributed by atoms with Gasteiger partial charge >= 0.3 is 17.9 Å². The zero-order chi connectivity index (χ0) is 45.8. The number of unbranched alkanes of at least 4 members (excludes halogenated alkanes) is 27. The third-order valence-corrected chi connectivity index (χ3v) is 11.5. The van der Waals surface area contributed by atoms with E-state index in [4.69, 9.17) is 14.2 Å². The van der Waals surface area contributed by atoms with Crippen molar-refractivity contribution < 1.29 is 28.6 Å². The molecule has 0 heterocycles. The van der Waals surface area contributed by atoms with Crippen LogP contribution in [-0.2, 0) is 28.6 Å². The van der Waals surface area contributed by atoms with Gasteiger partial charge in [-0.2, -0.15) is 0 Å². The van der Waals surface area contributed by atoms with E-state index in [1.165, 1.54) is 128 Å². The molecule has 0 amide bonds. The van der Waals surface area contributed by atoms with E-state index < -0.39 is 6.10 Å². The van der Waals surface area contributed by atoms with Gasteiger partial charge in [-0.1, -0.05) is 216 Å². The van der Waals surface area contributed by atoms with Crippen molar-refractivity contribution >= 4 is 17.9 Å². The van der Waals surface area contributed by atoms with Gasteiger partial charge in [0.2, 0.25) is 0 Å². The van der Waals surface area contributed by atoms with Crippen molar-refractivity contribution in [3.05, 3.63) is 60.8 Å². The van der Waals surface area contributed by atoms with Crippen LogP contribution in [0, 0.1) is 0 Å². The molecule has 0 aromatic heterocycles. The topological polar surface area (TPSA) is 78.9 Å².